The van der Waals surface area contributed by atoms with Crippen LogP contribution in [0.4, 0.5) is 5.69 Å². The average molecular weight is 594 g/mol. The molecular weight excluding hydrogens is 550 g/mol. The first-order chi connectivity index (χ1) is 20.0. The zero-order valence-corrected chi connectivity index (χ0v) is 26.1. The Hall–Kier alpha value is -3.85. The van der Waals surface area contributed by atoms with E-state index in [0.717, 1.165) is 22.9 Å². The summed E-state index contributed by atoms with van der Waals surface area (Å²) in [6, 6.07) is 23.7. The number of sulfonamides is 1. The van der Waals surface area contributed by atoms with E-state index >= 15 is 0 Å². The highest BCUT2D eigenvalue weighted by atomic mass is 32.2. The summed E-state index contributed by atoms with van der Waals surface area (Å²) >= 11 is 0. The molecule has 3 rings (SSSR count). The van der Waals surface area contributed by atoms with Gasteiger partial charge in [-0.05, 0) is 57.4 Å². The van der Waals surface area contributed by atoms with Gasteiger partial charge in [0, 0.05) is 32.0 Å². The van der Waals surface area contributed by atoms with Crippen LogP contribution in [0.3, 0.4) is 0 Å². The van der Waals surface area contributed by atoms with Crippen LogP contribution in [0.2, 0.25) is 0 Å². The molecule has 9 heteroatoms. The van der Waals surface area contributed by atoms with Crippen LogP contribution in [-0.2, 0) is 32.6 Å². The van der Waals surface area contributed by atoms with Crippen LogP contribution in [-0.4, -0.2) is 56.6 Å². The Morgan fingerprint density at radius 2 is 1.60 bits per heavy atom. The summed E-state index contributed by atoms with van der Waals surface area (Å²) in [5.74, 6) is 0.0206. The molecule has 0 spiro atoms. The van der Waals surface area contributed by atoms with E-state index in [0.29, 0.717) is 24.5 Å². The normalized spacial score (nSPS) is 12.0. The summed E-state index contributed by atoms with van der Waals surface area (Å²) in [6.07, 6.45) is 1.83. The van der Waals surface area contributed by atoms with Crippen molar-refractivity contribution in [2.24, 2.45) is 0 Å². The van der Waals surface area contributed by atoms with E-state index in [1.54, 1.807) is 29.2 Å². The van der Waals surface area contributed by atoms with Crippen molar-refractivity contribution in [3.8, 4) is 5.75 Å². The van der Waals surface area contributed by atoms with Gasteiger partial charge < -0.3 is 15.0 Å². The van der Waals surface area contributed by atoms with Crippen LogP contribution in [0.15, 0.2) is 78.9 Å². The van der Waals surface area contributed by atoms with Gasteiger partial charge in [0.25, 0.3) is 0 Å². The SMILES string of the molecule is CCOc1ccccc1N(CCCC(=O)N(Cc1cccc(C)c1)C(Cc1ccccc1)C(=O)NC(C)C)S(C)(=O)=O. The molecule has 1 N–H and O–H groups in total. The molecular formula is C33H43N3O5S. The molecule has 3 aromatic carbocycles. The second-order valence-electron chi connectivity index (χ2n) is 10.7. The van der Waals surface area contributed by atoms with Gasteiger partial charge >= 0.3 is 0 Å². The lowest BCUT2D eigenvalue weighted by Crippen LogP contribution is -2.51. The van der Waals surface area contributed by atoms with Crippen LogP contribution < -0.4 is 14.4 Å². The zero-order valence-electron chi connectivity index (χ0n) is 25.2. The lowest BCUT2D eigenvalue weighted by atomic mass is 10.0. The fraction of sp³-hybridized carbons (Fsp3) is 0.394. The fourth-order valence-electron chi connectivity index (χ4n) is 4.87. The number of nitrogens with zero attached hydrogens (tertiary/aromatic N) is 2. The summed E-state index contributed by atoms with van der Waals surface area (Å²) in [7, 11) is -3.65. The Kier molecular flexibility index (Phi) is 12.0. The number of hydrogen-bond acceptors (Lipinski definition) is 5. The second kappa shape index (κ2) is 15.4. The molecule has 226 valence electrons. The summed E-state index contributed by atoms with van der Waals surface area (Å²) in [6.45, 7) is 8.35. The molecule has 1 atom stereocenters. The number of benzene rings is 3. The average Bonchev–Trinajstić information content (AvgIpc) is 2.93. The van der Waals surface area contributed by atoms with Crippen LogP contribution in [0.5, 0.6) is 5.75 Å². The predicted molar refractivity (Wildman–Crippen MR) is 168 cm³/mol. The molecule has 3 aromatic rings. The number of rotatable bonds is 15. The number of para-hydroxylation sites is 2. The molecule has 0 aliphatic rings. The van der Waals surface area contributed by atoms with Gasteiger partial charge in [-0.3, -0.25) is 13.9 Å². The first kappa shape index (κ1) is 32.7. The van der Waals surface area contributed by atoms with Crippen molar-refractivity contribution >= 4 is 27.5 Å². The molecule has 1 unspecified atom stereocenters. The van der Waals surface area contributed by atoms with Crippen LogP contribution >= 0.6 is 0 Å². The lowest BCUT2D eigenvalue weighted by Gasteiger charge is -2.32. The van der Waals surface area contributed by atoms with Crippen molar-refractivity contribution in [2.45, 2.75) is 65.6 Å². The van der Waals surface area contributed by atoms with Crippen molar-refractivity contribution < 1.29 is 22.7 Å². The minimum absolute atomic E-state index is 0.0644. The molecule has 0 radical (unpaired) electrons. The fourth-order valence-corrected chi connectivity index (χ4v) is 5.83. The van der Waals surface area contributed by atoms with Crippen molar-refractivity contribution in [3.05, 3.63) is 95.6 Å². The quantitative estimate of drug-likeness (QED) is 0.264. The molecule has 0 fully saturated rings. The Morgan fingerprint density at radius 1 is 0.929 bits per heavy atom. The molecule has 0 aromatic heterocycles. The number of nitrogens with one attached hydrogen (secondary N) is 1. The van der Waals surface area contributed by atoms with Crippen molar-refractivity contribution in [1.82, 2.24) is 10.2 Å². The highest BCUT2D eigenvalue weighted by Gasteiger charge is 2.31. The number of anilines is 1. The van der Waals surface area contributed by atoms with E-state index in [-0.39, 0.29) is 43.8 Å². The smallest absolute Gasteiger partial charge is 0.243 e. The minimum Gasteiger partial charge on any atom is -0.492 e. The molecule has 42 heavy (non-hydrogen) atoms. The monoisotopic (exact) mass is 593 g/mol. The molecule has 8 nitrogen and oxygen atoms in total. The van der Waals surface area contributed by atoms with Gasteiger partial charge in [0.05, 0.1) is 18.6 Å². The number of hydrogen-bond donors (Lipinski definition) is 1. The van der Waals surface area contributed by atoms with E-state index in [1.165, 1.54) is 4.31 Å². The van der Waals surface area contributed by atoms with Gasteiger partial charge in [0.15, 0.2) is 0 Å². The first-order valence-electron chi connectivity index (χ1n) is 14.4. The standard InChI is InChI=1S/C33H43N3O5S/c1-6-41-31-19-11-10-18-29(31)36(42(5,39)40)21-13-20-32(37)35(24-28-17-12-14-26(4)22-28)30(33(38)34-25(2)3)23-27-15-8-7-9-16-27/h7-12,14-19,22,25,30H,6,13,20-21,23-24H2,1-5H3,(H,34,38). The first-order valence-corrected chi connectivity index (χ1v) is 16.2. The predicted octanol–water partition coefficient (Wildman–Crippen LogP) is 5.10. The van der Waals surface area contributed by atoms with Crippen LogP contribution in [0, 0.1) is 6.92 Å². The number of ether oxygens (including phenoxy) is 1. The van der Waals surface area contributed by atoms with E-state index in [2.05, 4.69) is 5.32 Å². The highest BCUT2D eigenvalue weighted by molar-refractivity contribution is 7.92. The van der Waals surface area contributed by atoms with Gasteiger partial charge in [-0.25, -0.2) is 8.42 Å². The molecule has 0 aliphatic heterocycles. The maximum Gasteiger partial charge on any atom is 0.243 e. The largest absolute Gasteiger partial charge is 0.492 e. The van der Waals surface area contributed by atoms with Gasteiger partial charge in [0.2, 0.25) is 21.8 Å². The number of carbonyl (C=O) groups excluding carboxylic acids is 2. The Bertz CT molecular complexity index is 1430. The summed E-state index contributed by atoms with van der Waals surface area (Å²) < 4.78 is 32.5. The minimum atomic E-state index is -3.65. The number of carbonyl (C=O) groups is 2. The van der Waals surface area contributed by atoms with Crippen molar-refractivity contribution in [3.63, 3.8) is 0 Å². The molecule has 0 heterocycles. The van der Waals surface area contributed by atoms with Crippen molar-refractivity contribution in [1.29, 1.82) is 0 Å². The maximum atomic E-state index is 13.9. The van der Waals surface area contributed by atoms with Crippen molar-refractivity contribution in [2.75, 3.05) is 23.7 Å². The summed E-state index contributed by atoms with van der Waals surface area (Å²) in [4.78, 5) is 29.1. The van der Waals surface area contributed by atoms with Crippen LogP contribution in [0.1, 0.15) is 50.3 Å². The number of aryl methyl sites for hydroxylation is 1. The molecule has 0 saturated carbocycles. The van der Waals surface area contributed by atoms with Gasteiger partial charge in [-0.1, -0.05) is 72.3 Å². The zero-order chi connectivity index (χ0) is 30.7. The summed E-state index contributed by atoms with van der Waals surface area (Å²) in [5, 5.41) is 3.00. The maximum absolute atomic E-state index is 13.9. The molecule has 0 bridgehead atoms. The Balaban J connectivity index is 1.90. The second-order valence-corrected chi connectivity index (χ2v) is 12.6. The lowest BCUT2D eigenvalue weighted by molar-refractivity contribution is -0.141. The summed E-state index contributed by atoms with van der Waals surface area (Å²) in [5.41, 5.74) is 3.36. The van der Waals surface area contributed by atoms with E-state index in [1.807, 2.05) is 82.3 Å². The highest BCUT2D eigenvalue weighted by Crippen LogP contribution is 2.30. The topological polar surface area (TPSA) is 96.0 Å². The van der Waals surface area contributed by atoms with Gasteiger partial charge in [-0.2, -0.15) is 0 Å². The molecule has 0 saturated heterocycles. The molecule has 0 aliphatic carbocycles. The van der Waals surface area contributed by atoms with Gasteiger partial charge in [-0.15, -0.1) is 0 Å². The molecule has 2 amide bonds. The Morgan fingerprint density at radius 3 is 2.24 bits per heavy atom. The van der Waals surface area contributed by atoms with E-state index in [9.17, 15) is 18.0 Å². The van der Waals surface area contributed by atoms with Crippen LogP contribution in [0.25, 0.3) is 0 Å². The Labute approximate surface area is 250 Å². The van der Waals surface area contributed by atoms with Gasteiger partial charge in [0.1, 0.15) is 11.8 Å². The third kappa shape index (κ3) is 9.62. The number of amides is 2. The van der Waals surface area contributed by atoms with E-state index in [4.69, 9.17) is 4.74 Å². The third-order valence-electron chi connectivity index (χ3n) is 6.72. The van der Waals surface area contributed by atoms with E-state index < -0.39 is 16.1 Å². The third-order valence-corrected chi connectivity index (χ3v) is 7.90.